The number of carbonyl (C=O) groups is 1. The van der Waals surface area contributed by atoms with Crippen LogP contribution in [-0.4, -0.2) is 16.2 Å². The molecule has 0 aromatic carbocycles. The van der Waals surface area contributed by atoms with Gasteiger partial charge in [0.25, 0.3) is 0 Å². The maximum absolute atomic E-state index is 12.8. The van der Waals surface area contributed by atoms with Crippen molar-refractivity contribution in [3.8, 4) is 0 Å². The normalized spacial score (nSPS) is 30.8. The SMILES string of the molecule is CC(C)(C)C1=C(I)C(=O)C23CCCC2=CC=CN13. The van der Waals surface area contributed by atoms with Crippen molar-refractivity contribution in [2.24, 2.45) is 5.41 Å². The number of Topliss-reactive ketones (excluding diaryl/α,β-unsaturated/α-hetero) is 1. The minimum atomic E-state index is -0.353. The lowest BCUT2D eigenvalue weighted by molar-refractivity contribution is -0.120. The maximum atomic E-state index is 12.8. The highest BCUT2D eigenvalue weighted by Crippen LogP contribution is 2.54. The fraction of sp³-hybridized carbons (Fsp3) is 0.533. The van der Waals surface area contributed by atoms with Crippen LogP contribution in [0.4, 0.5) is 0 Å². The van der Waals surface area contributed by atoms with E-state index in [-0.39, 0.29) is 11.0 Å². The highest BCUT2D eigenvalue weighted by atomic mass is 127. The lowest BCUT2D eigenvalue weighted by atomic mass is 9.86. The molecule has 1 fully saturated rings. The van der Waals surface area contributed by atoms with Crippen molar-refractivity contribution >= 4 is 28.4 Å². The molecule has 1 atom stereocenters. The average Bonchev–Trinajstić information content (AvgIpc) is 2.79. The Hall–Kier alpha value is -0.580. The molecule has 96 valence electrons. The molecule has 2 aliphatic heterocycles. The van der Waals surface area contributed by atoms with Gasteiger partial charge in [0, 0.05) is 17.3 Å². The van der Waals surface area contributed by atoms with Gasteiger partial charge in [0.05, 0.1) is 3.58 Å². The zero-order chi connectivity index (χ0) is 13.1. The summed E-state index contributed by atoms with van der Waals surface area (Å²) in [5, 5.41) is 0. The summed E-state index contributed by atoms with van der Waals surface area (Å²) in [6.07, 6.45) is 9.49. The van der Waals surface area contributed by atoms with Crippen LogP contribution in [0.5, 0.6) is 0 Å². The third-order valence-electron chi connectivity index (χ3n) is 4.19. The molecule has 1 unspecified atom stereocenters. The highest BCUT2D eigenvalue weighted by Gasteiger charge is 2.57. The van der Waals surface area contributed by atoms with Crippen molar-refractivity contribution < 1.29 is 4.79 Å². The van der Waals surface area contributed by atoms with E-state index in [1.807, 2.05) is 0 Å². The van der Waals surface area contributed by atoms with Crippen LogP contribution in [0.1, 0.15) is 40.0 Å². The molecule has 0 aromatic heterocycles. The molecular weight excluding hydrogens is 337 g/mol. The Morgan fingerprint density at radius 2 is 2.11 bits per heavy atom. The van der Waals surface area contributed by atoms with Crippen molar-refractivity contribution in [3.63, 3.8) is 0 Å². The topological polar surface area (TPSA) is 20.3 Å². The highest BCUT2D eigenvalue weighted by molar-refractivity contribution is 14.1. The van der Waals surface area contributed by atoms with Gasteiger partial charge in [0.1, 0.15) is 5.54 Å². The second-order valence-electron chi connectivity index (χ2n) is 6.36. The molecule has 0 radical (unpaired) electrons. The van der Waals surface area contributed by atoms with Gasteiger partial charge in [0.2, 0.25) is 5.78 Å². The quantitative estimate of drug-likeness (QED) is 0.614. The number of carbonyl (C=O) groups excluding carboxylic acids is 1. The molecule has 18 heavy (non-hydrogen) atoms. The number of halogens is 1. The van der Waals surface area contributed by atoms with E-state index in [0.29, 0.717) is 5.78 Å². The number of hydrogen-bond acceptors (Lipinski definition) is 2. The van der Waals surface area contributed by atoms with Gasteiger partial charge in [-0.1, -0.05) is 26.8 Å². The first kappa shape index (κ1) is 12.5. The Morgan fingerprint density at radius 3 is 2.78 bits per heavy atom. The van der Waals surface area contributed by atoms with Crippen LogP contribution >= 0.6 is 22.6 Å². The third-order valence-corrected chi connectivity index (χ3v) is 5.19. The molecule has 2 heterocycles. The molecule has 1 spiro atoms. The standard InChI is InChI=1S/C15H18INO/c1-14(2,3)12-11(16)13(18)15-8-4-6-10(15)7-5-9-17(12)15/h5,7,9H,4,6,8H2,1-3H3. The average molecular weight is 355 g/mol. The number of nitrogens with zero attached hydrogens (tertiary/aromatic N) is 1. The lowest BCUT2D eigenvalue weighted by Gasteiger charge is -2.41. The number of allylic oxidation sites excluding steroid dienone is 3. The summed E-state index contributed by atoms with van der Waals surface area (Å²) in [5.41, 5.74) is 2.15. The van der Waals surface area contributed by atoms with Crippen LogP contribution in [0.25, 0.3) is 0 Å². The van der Waals surface area contributed by atoms with Crippen LogP contribution in [0, 0.1) is 5.41 Å². The van der Waals surface area contributed by atoms with E-state index in [0.717, 1.165) is 22.8 Å². The van der Waals surface area contributed by atoms with Crippen molar-refractivity contribution in [2.75, 3.05) is 0 Å². The summed E-state index contributed by atoms with van der Waals surface area (Å²) in [4.78, 5) is 15.1. The first-order chi connectivity index (χ1) is 8.39. The summed E-state index contributed by atoms with van der Waals surface area (Å²) in [7, 11) is 0. The Labute approximate surface area is 122 Å². The second kappa shape index (κ2) is 3.71. The third kappa shape index (κ3) is 1.37. The number of ketones is 1. The van der Waals surface area contributed by atoms with E-state index in [9.17, 15) is 4.79 Å². The second-order valence-corrected chi connectivity index (χ2v) is 7.44. The van der Waals surface area contributed by atoms with Gasteiger partial charge in [-0.2, -0.15) is 0 Å². The Bertz CT molecular complexity index is 521. The summed E-state index contributed by atoms with van der Waals surface area (Å²) in [5.74, 6) is 0.320. The summed E-state index contributed by atoms with van der Waals surface area (Å²) < 4.78 is 0.930. The fourth-order valence-electron chi connectivity index (χ4n) is 3.49. The number of rotatable bonds is 0. The van der Waals surface area contributed by atoms with E-state index in [4.69, 9.17) is 0 Å². The van der Waals surface area contributed by atoms with Gasteiger partial charge in [-0.3, -0.25) is 4.79 Å². The first-order valence-electron chi connectivity index (χ1n) is 6.51. The van der Waals surface area contributed by atoms with Crippen LogP contribution in [-0.2, 0) is 4.79 Å². The van der Waals surface area contributed by atoms with Crippen LogP contribution in [0.3, 0.4) is 0 Å². The molecule has 3 heteroatoms. The fourth-order valence-corrected chi connectivity index (χ4v) is 5.01. The largest absolute Gasteiger partial charge is 0.333 e. The van der Waals surface area contributed by atoms with E-state index in [1.54, 1.807) is 0 Å². The first-order valence-corrected chi connectivity index (χ1v) is 7.59. The summed E-state index contributed by atoms with van der Waals surface area (Å²) in [6, 6.07) is 0. The van der Waals surface area contributed by atoms with Gasteiger partial charge in [-0.05, 0) is 53.5 Å². The molecule has 0 bridgehead atoms. The predicted molar refractivity (Wildman–Crippen MR) is 81.2 cm³/mol. The molecule has 0 saturated heterocycles. The lowest BCUT2D eigenvalue weighted by Crippen LogP contribution is -2.48. The molecular formula is C15H18INO. The summed E-state index contributed by atoms with van der Waals surface area (Å²) in [6.45, 7) is 6.57. The minimum Gasteiger partial charge on any atom is -0.333 e. The monoisotopic (exact) mass is 355 g/mol. The van der Waals surface area contributed by atoms with Gasteiger partial charge in [0.15, 0.2) is 0 Å². The molecule has 0 N–H and O–H groups in total. The molecule has 1 aliphatic carbocycles. The zero-order valence-corrected chi connectivity index (χ0v) is 13.2. The van der Waals surface area contributed by atoms with E-state index < -0.39 is 0 Å². The predicted octanol–water partition coefficient (Wildman–Crippen LogP) is 3.94. The Morgan fingerprint density at radius 1 is 1.39 bits per heavy atom. The van der Waals surface area contributed by atoms with Gasteiger partial charge >= 0.3 is 0 Å². The van der Waals surface area contributed by atoms with E-state index >= 15 is 0 Å². The maximum Gasteiger partial charge on any atom is 0.200 e. The van der Waals surface area contributed by atoms with Crippen molar-refractivity contribution in [1.82, 2.24) is 4.90 Å². The van der Waals surface area contributed by atoms with Gasteiger partial charge < -0.3 is 4.90 Å². The Kier molecular flexibility index (Phi) is 2.57. The molecule has 0 aromatic rings. The minimum absolute atomic E-state index is 0.00502. The molecule has 3 aliphatic rings. The smallest absolute Gasteiger partial charge is 0.200 e. The molecule has 2 nitrogen and oxygen atoms in total. The van der Waals surface area contributed by atoms with E-state index in [1.165, 1.54) is 11.3 Å². The van der Waals surface area contributed by atoms with Crippen molar-refractivity contribution in [1.29, 1.82) is 0 Å². The number of hydrogen-bond donors (Lipinski definition) is 0. The van der Waals surface area contributed by atoms with Crippen molar-refractivity contribution in [3.05, 3.63) is 33.2 Å². The molecule has 3 rings (SSSR count). The molecule has 0 amide bonds. The van der Waals surface area contributed by atoms with Gasteiger partial charge in [-0.15, -0.1) is 0 Å². The van der Waals surface area contributed by atoms with E-state index in [2.05, 4.69) is 66.6 Å². The van der Waals surface area contributed by atoms with Crippen molar-refractivity contribution in [2.45, 2.75) is 45.6 Å². The zero-order valence-electron chi connectivity index (χ0n) is 11.1. The van der Waals surface area contributed by atoms with Crippen LogP contribution in [0.2, 0.25) is 0 Å². The van der Waals surface area contributed by atoms with Gasteiger partial charge in [-0.25, -0.2) is 0 Å². The summed E-state index contributed by atoms with van der Waals surface area (Å²) >= 11 is 2.25. The van der Waals surface area contributed by atoms with Crippen LogP contribution < -0.4 is 0 Å². The van der Waals surface area contributed by atoms with Crippen LogP contribution in [0.15, 0.2) is 33.2 Å². The molecule has 1 saturated carbocycles. The Balaban J connectivity index is 2.20.